The van der Waals surface area contributed by atoms with Crippen LogP contribution in [0, 0.1) is 0 Å². The van der Waals surface area contributed by atoms with E-state index in [1.807, 2.05) is 13.8 Å². The number of carbonyl (C=O) groups is 1. The summed E-state index contributed by atoms with van der Waals surface area (Å²) in [7, 11) is -2.97. The molecule has 0 bridgehead atoms. The summed E-state index contributed by atoms with van der Waals surface area (Å²) in [4.78, 5) is 13.0. The maximum Gasteiger partial charge on any atom is 0.332 e. The van der Waals surface area contributed by atoms with Gasteiger partial charge in [0.25, 0.3) is 0 Å². The maximum atomic E-state index is 12.6. The lowest BCUT2D eigenvalue weighted by Gasteiger charge is -2.21. The molecule has 0 atom stereocenters. The van der Waals surface area contributed by atoms with E-state index in [9.17, 15) is 17.1 Å². The highest BCUT2D eigenvalue weighted by Gasteiger charge is 2.14. The van der Waals surface area contributed by atoms with Gasteiger partial charge in [-0.25, -0.2) is 0 Å². The molecule has 0 aliphatic rings. The highest BCUT2D eigenvalue weighted by Crippen LogP contribution is 2.14. The lowest BCUT2D eigenvalue weighted by molar-refractivity contribution is -0.130. The fourth-order valence-corrected chi connectivity index (χ4v) is 1.82. The van der Waals surface area contributed by atoms with Crippen LogP contribution < -0.4 is 0 Å². The third kappa shape index (κ3) is 3.80. The highest BCUT2D eigenvalue weighted by molar-refractivity contribution is 7.86. The number of hydrogen-bond acceptors (Lipinski definition) is 3. The summed E-state index contributed by atoms with van der Waals surface area (Å²) < 4.78 is 33.9. The molecule has 0 aromatic heterocycles. The van der Waals surface area contributed by atoms with Gasteiger partial charge in [-0.2, -0.15) is 8.42 Å². The van der Waals surface area contributed by atoms with Crippen molar-refractivity contribution in [1.29, 1.82) is 0 Å². The van der Waals surface area contributed by atoms with Crippen LogP contribution >= 0.6 is 0 Å². The third-order valence-corrected chi connectivity index (χ3v) is 3.56. The first-order chi connectivity index (χ1) is 8.21. The van der Waals surface area contributed by atoms with Crippen molar-refractivity contribution in [2.75, 3.05) is 7.05 Å². The van der Waals surface area contributed by atoms with Crippen LogP contribution in [0.25, 0.3) is 0 Å². The van der Waals surface area contributed by atoms with Crippen molar-refractivity contribution in [3.63, 3.8) is 0 Å². The van der Waals surface area contributed by atoms with Crippen molar-refractivity contribution < 1.29 is 17.1 Å². The molecule has 0 aliphatic carbocycles. The second kappa shape index (κ2) is 5.48. The van der Waals surface area contributed by atoms with Gasteiger partial charge in [-0.1, -0.05) is 12.1 Å². The summed E-state index contributed by atoms with van der Waals surface area (Å²) in [5, 5.41) is 0. The van der Waals surface area contributed by atoms with E-state index in [4.69, 9.17) is 0 Å². The normalized spacial score (nSPS) is 11.6. The van der Waals surface area contributed by atoms with Gasteiger partial charge < -0.3 is 4.90 Å². The molecule has 1 rings (SSSR count). The average Bonchev–Trinajstić information content (AvgIpc) is 2.27. The third-order valence-electron chi connectivity index (χ3n) is 2.73. The van der Waals surface area contributed by atoms with Crippen molar-refractivity contribution in [1.82, 2.24) is 4.90 Å². The number of likely N-dealkylation sites (N-methyl/N-ethyl adjacent to an activating group) is 1. The predicted octanol–water partition coefficient (Wildman–Crippen LogP) is 1.75. The van der Waals surface area contributed by atoms with Crippen molar-refractivity contribution in [2.24, 2.45) is 0 Å². The minimum Gasteiger partial charge on any atom is -0.343 e. The van der Waals surface area contributed by atoms with Gasteiger partial charge in [0.05, 0.1) is 11.3 Å². The van der Waals surface area contributed by atoms with Crippen molar-refractivity contribution in [3.05, 3.63) is 29.8 Å². The monoisotopic (exact) mass is 273 g/mol. The molecule has 0 heterocycles. The summed E-state index contributed by atoms with van der Waals surface area (Å²) >= 11 is 0. The Hall–Kier alpha value is -1.43. The number of halogens is 1. The van der Waals surface area contributed by atoms with E-state index < -0.39 is 15.1 Å². The Balaban J connectivity index is 2.79. The predicted molar refractivity (Wildman–Crippen MR) is 66.3 cm³/mol. The molecule has 0 saturated heterocycles. The molecule has 18 heavy (non-hydrogen) atoms. The Morgan fingerprint density at radius 2 is 1.78 bits per heavy atom. The van der Waals surface area contributed by atoms with Crippen LogP contribution in [0.5, 0.6) is 0 Å². The lowest BCUT2D eigenvalue weighted by Crippen LogP contribution is -2.34. The minimum absolute atomic E-state index is 0.0687. The number of rotatable bonds is 4. The number of amides is 1. The standard InChI is InChI=1S/C12H16FNO3S/c1-9(2)14(3)12(15)8-10-4-6-11(7-5-10)18(13,16)17/h4-7,9H,8H2,1-3H3. The van der Waals surface area contributed by atoms with Gasteiger partial charge in [-0.3, -0.25) is 4.79 Å². The fourth-order valence-electron chi connectivity index (χ4n) is 1.36. The number of nitrogens with zero attached hydrogens (tertiary/aromatic N) is 1. The van der Waals surface area contributed by atoms with Crippen LogP contribution in [0.1, 0.15) is 19.4 Å². The summed E-state index contributed by atoms with van der Waals surface area (Å²) in [6.45, 7) is 3.80. The van der Waals surface area contributed by atoms with Crippen molar-refractivity contribution >= 4 is 16.1 Å². The average molecular weight is 273 g/mol. The van der Waals surface area contributed by atoms with Gasteiger partial charge in [-0.05, 0) is 31.5 Å². The largest absolute Gasteiger partial charge is 0.343 e. The van der Waals surface area contributed by atoms with E-state index in [0.29, 0.717) is 5.56 Å². The second-order valence-corrected chi connectivity index (χ2v) is 5.70. The molecule has 1 amide bonds. The number of hydrogen-bond donors (Lipinski definition) is 0. The first-order valence-corrected chi connectivity index (χ1v) is 6.89. The molecule has 0 spiro atoms. The molecule has 1 aromatic rings. The molecule has 100 valence electrons. The van der Waals surface area contributed by atoms with E-state index in [1.165, 1.54) is 12.1 Å². The summed E-state index contributed by atoms with van der Waals surface area (Å²) in [5.74, 6) is -0.0687. The molecule has 0 fully saturated rings. The summed E-state index contributed by atoms with van der Waals surface area (Å²) in [5.41, 5.74) is 0.653. The zero-order chi connectivity index (χ0) is 13.9. The molecule has 1 aromatic carbocycles. The highest BCUT2D eigenvalue weighted by atomic mass is 32.3. The first-order valence-electron chi connectivity index (χ1n) is 5.51. The Bertz CT molecular complexity index is 523. The molecule has 0 N–H and O–H groups in total. The van der Waals surface area contributed by atoms with E-state index >= 15 is 0 Å². The van der Waals surface area contributed by atoms with Gasteiger partial charge in [0.2, 0.25) is 5.91 Å². The van der Waals surface area contributed by atoms with Crippen LogP contribution in [0.2, 0.25) is 0 Å². The maximum absolute atomic E-state index is 12.6. The Morgan fingerprint density at radius 3 is 2.17 bits per heavy atom. The second-order valence-electron chi connectivity index (χ2n) is 4.36. The quantitative estimate of drug-likeness (QED) is 0.785. The number of carbonyl (C=O) groups excluding carboxylic acids is 1. The van der Waals surface area contributed by atoms with Gasteiger partial charge in [-0.15, -0.1) is 3.89 Å². The van der Waals surface area contributed by atoms with Gasteiger partial charge in [0.1, 0.15) is 0 Å². The molecular formula is C12H16FNO3S. The van der Waals surface area contributed by atoms with E-state index in [1.54, 1.807) is 11.9 Å². The Morgan fingerprint density at radius 1 is 1.28 bits per heavy atom. The minimum atomic E-state index is -4.67. The lowest BCUT2D eigenvalue weighted by atomic mass is 10.1. The van der Waals surface area contributed by atoms with Crippen LogP contribution in [0.3, 0.4) is 0 Å². The molecule has 0 saturated carbocycles. The van der Waals surface area contributed by atoms with Gasteiger partial charge >= 0.3 is 10.2 Å². The molecule has 0 aliphatic heterocycles. The SMILES string of the molecule is CC(C)N(C)C(=O)Cc1ccc(S(=O)(=O)F)cc1. The molecular weight excluding hydrogens is 257 g/mol. The van der Waals surface area contributed by atoms with Crippen LogP contribution in [-0.4, -0.2) is 32.3 Å². The Kier molecular flexibility index (Phi) is 4.45. The zero-order valence-electron chi connectivity index (χ0n) is 10.6. The molecule has 0 unspecified atom stereocenters. The topological polar surface area (TPSA) is 54.5 Å². The van der Waals surface area contributed by atoms with Crippen LogP contribution in [0.15, 0.2) is 29.2 Å². The van der Waals surface area contributed by atoms with Crippen LogP contribution in [-0.2, 0) is 21.4 Å². The van der Waals surface area contributed by atoms with Crippen molar-refractivity contribution in [2.45, 2.75) is 31.2 Å². The van der Waals surface area contributed by atoms with Gasteiger partial charge in [0, 0.05) is 13.1 Å². The summed E-state index contributed by atoms with van der Waals surface area (Å²) in [6.07, 6.45) is 0.168. The zero-order valence-corrected chi connectivity index (χ0v) is 11.4. The van der Waals surface area contributed by atoms with E-state index in [0.717, 1.165) is 12.1 Å². The van der Waals surface area contributed by atoms with Crippen molar-refractivity contribution in [3.8, 4) is 0 Å². The summed E-state index contributed by atoms with van der Waals surface area (Å²) in [6, 6.07) is 5.31. The van der Waals surface area contributed by atoms with Crippen LogP contribution in [0.4, 0.5) is 3.89 Å². The van der Waals surface area contributed by atoms with E-state index in [-0.39, 0.29) is 18.4 Å². The van der Waals surface area contributed by atoms with E-state index in [2.05, 4.69) is 0 Å². The smallest absolute Gasteiger partial charge is 0.332 e. The first kappa shape index (κ1) is 14.6. The molecule has 4 nitrogen and oxygen atoms in total. The molecule has 6 heteroatoms. The number of benzene rings is 1. The Labute approximate surface area is 107 Å². The van der Waals surface area contributed by atoms with Gasteiger partial charge in [0.15, 0.2) is 0 Å². The molecule has 0 radical (unpaired) electrons. The fraction of sp³-hybridized carbons (Fsp3) is 0.417.